The summed E-state index contributed by atoms with van der Waals surface area (Å²) in [5.74, 6) is 1.93. The fraction of sp³-hybridized carbons (Fsp3) is 0.516. The second-order valence-corrected chi connectivity index (χ2v) is 11.5. The van der Waals surface area contributed by atoms with E-state index in [1.54, 1.807) is 17.9 Å². The Morgan fingerprint density at radius 2 is 1.70 bits per heavy atom. The minimum absolute atomic E-state index is 0.0441. The molecule has 5 rings (SSSR count). The summed E-state index contributed by atoms with van der Waals surface area (Å²) in [6, 6.07) is 14.1. The summed E-state index contributed by atoms with van der Waals surface area (Å²) in [5.41, 5.74) is 2.85. The lowest BCUT2D eigenvalue weighted by molar-refractivity contribution is -0.138. The summed E-state index contributed by atoms with van der Waals surface area (Å²) in [6.45, 7) is 10.5. The van der Waals surface area contributed by atoms with Gasteiger partial charge in [-0.2, -0.15) is 0 Å². The molecule has 1 atom stereocenters. The Morgan fingerprint density at radius 1 is 1.00 bits per heavy atom. The quantitative estimate of drug-likeness (QED) is 0.489. The monoisotopic (exact) mass is 502 g/mol. The Balaban J connectivity index is 1.20. The van der Waals surface area contributed by atoms with Crippen molar-refractivity contribution in [2.75, 3.05) is 13.1 Å². The van der Waals surface area contributed by atoms with Crippen LogP contribution in [0.2, 0.25) is 0 Å². The van der Waals surface area contributed by atoms with Crippen molar-refractivity contribution >= 4 is 17.5 Å². The first-order valence-electron chi connectivity index (χ1n) is 13.7. The van der Waals surface area contributed by atoms with Crippen LogP contribution in [0.1, 0.15) is 79.9 Å². The van der Waals surface area contributed by atoms with Gasteiger partial charge in [-0.25, -0.2) is 0 Å². The summed E-state index contributed by atoms with van der Waals surface area (Å²) in [7, 11) is 0. The van der Waals surface area contributed by atoms with E-state index in [0.29, 0.717) is 37.3 Å². The van der Waals surface area contributed by atoms with Gasteiger partial charge in [0.2, 0.25) is 0 Å². The molecular weight excluding hydrogens is 464 g/mol. The third-order valence-corrected chi connectivity index (χ3v) is 8.77. The van der Waals surface area contributed by atoms with Crippen molar-refractivity contribution in [3.8, 4) is 5.75 Å². The smallest absolute Gasteiger partial charge is 0.255 e. The molecule has 1 saturated carbocycles. The van der Waals surface area contributed by atoms with Gasteiger partial charge in [0.15, 0.2) is 5.78 Å². The number of Topliss-reactive ketones (excluding diaryl/α,β-unsaturated/α-hetero) is 2. The first-order valence-corrected chi connectivity index (χ1v) is 13.7. The van der Waals surface area contributed by atoms with E-state index in [1.807, 2.05) is 12.1 Å². The van der Waals surface area contributed by atoms with Gasteiger partial charge in [0.25, 0.3) is 5.91 Å². The zero-order valence-corrected chi connectivity index (χ0v) is 22.3. The fourth-order valence-corrected chi connectivity index (χ4v) is 6.04. The molecule has 196 valence electrons. The van der Waals surface area contributed by atoms with Gasteiger partial charge in [-0.05, 0) is 74.4 Å². The number of carbonyl (C=O) groups is 3. The van der Waals surface area contributed by atoms with Crippen molar-refractivity contribution in [1.29, 1.82) is 0 Å². The van der Waals surface area contributed by atoms with E-state index in [2.05, 4.69) is 43.0 Å². The van der Waals surface area contributed by atoms with Crippen molar-refractivity contribution < 1.29 is 19.1 Å². The van der Waals surface area contributed by atoms with Gasteiger partial charge < -0.3 is 9.64 Å². The number of piperidine rings is 1. The second kappa shape index (κ2) is 10.4. The molecule has 2 aromatic rings. The normalized spacial score (nSPS) is 23.1. The Morgan fingerprint density at radius 3 is 2.38 bits per heavy atom. The Kier molecular flexibility index (Phi) is 7.21. The summed E-state index contributed by atoms with van der Waals surface area (Å²) >= 11 is 0. The Labute approximate surface area is 220 Å². The molecule has 0 spiro atoms. The van der Waals surface area contributed by atoms with Crippen LogP contribution in [0.5, 0.6) is 5.75 Å². The van der Waals surface area contributed by atoms with Crippen LogP contribution in [0, 0.1) is 11.8 Å². The number of nitrogens with zero attached hydrogens (tertiary/aromatic N) is 2. The lowest BCUT2D eigenvalue weighted by Gasteiger charge is -2.39. The molecular formula is C31H38N2O4. The molecule has 0 N–H and O–H groups in total. The van der Waals surface area contributed by atoms with Crippen LogP contribution < -0.4 is 4.74 Å². The van der Waals surface area contributed by atoms with E-state index in [0.717, 1.165) is 29.5 Å². The predicted molar refractivity (Wildman–Crippen MR) is 142 cm³/mol. The lowest BCUT2D eigenvalue weighted by atomic mass is 9.80. The summed E-state index contributed by atoms with van der Waals surface area (Å²) in [4.78, 5) is 41.9. The third-order valence-electron chi connectivity index (χ3n) is 8.77. The van der Waals surface area contributed by atoms with E-state index in [-0.39, 0.29) is 23.9 Å². The van der Waals surface area contributed by atoms with E-state index >= 15 is 0 Å². The largest absolute Gasteiger partial charge is 0.489 e. The minimum Gasteiger partial charge on any atom is -0.489 e. The molecule has 0 radical (unpaired) electrons. The van der Waals surface area contributed by atoms with Gasteiger partial charge in [-0.15, -0.1) is 0 Å². The van der Waals surface area contributed by atoms with Crippen molar-refractivity contribution in [3.05, 3.63) is 64.7 Å². The molecule has 37 heavy (non-hydrogen) atoms. The van der Waals surface area contributed by atoms with Gasteiger partial charge in [-0.1, -0.05) is 44.2 Å². The number of likely N-dealkylation sites (tertiary alicyclic amines) is 1. The minimum atomic E-state index is -0.943. The Hall–Kier alpha value is -2.99. The molecule has 1 amide bonds. The highest BCUT2D eigenvalue weighted by Crippen LogP contribution is 2.39. The maximum Gasteiger partial charge on any atom is 0.255 e. The zero-order valence-electron chi connectivity index (χ0n) is 22.3. The highest BCUT2D eigenvalue weighted by Gasteiger charge is 2.48. The number of ether oxygens (including phenoxy) is 1. The van der Waals surface area contributed by atoms with Crippen LogP contribution in [-0.4, -0.2) is 45.9 Å². The second-order valence-electron chi connectivity index (χ2n) is 11.5. The van der Waals surface area contributed by atoms with Crippen LogP contribution >= 0.6 is 0 Å². The highest BCUT2D eigenvalue weighted by molar-refractivity contribution is 6.09. The number of amides is 1. The van der Waals surface area contributed by atoms with Crippen LogP contribution in [0.15, 0.2) is 42.5 Å². The van der Waals surface area contributed by atoms with E-state index in [1.165, 1.54) is 31.5 Å². The molecule has 0 bridgehead atoms. The standard InChI is InChI=1S/C31H38N2O4/c1-21(2)24-12-15-32(16-13-24)18-22-7-9-23(10-8-22)20-37-28-6-4-5-26-27(28)19-33(30(26)36)31(3)14-11-25(34)17-29(31)35/h4-10,21,24H,11-20H2,1-3H3/t31-/m0/s1. The number of carbonyl (C=O) groups excluding carboxylic acids is 3. The first-order chi connectivity index (χ1) is 17.7. The summed E-state index contributed by atoms with van der Waals surface area (Å²) in [6.07, 6.45) is 3.19. The summed E-state index contributed by atoms with van der Waals surface area (Å²) in [5, 5.41) is 0. The average Bonchev–Trinajstić information content (AvgIpc) is 3.24. The number of rotatable bonds is 7. The van der Waals surface area contributed by atoms with Crippen LogP contribution in [0.4, 0.5) is 0 Å². The van der Waals surface area contributed by atoms with Crippen molar-refractivity contribution in [2.45, 2.75) is 78.1 Å². The highest BCUT2D eigenvalue weighted by atomic mass is 16.5. The molecule has 6 heteroatoms. The third kappa shape index (κ3) is 5.22. The van der Waals surface area contributed by atoms with E-state index in [4.69, 9.17) is 4.74 Å². The molecule has 2 aliphatic heterocycles. The lowest BCUT2D eigenvalue weighted by Crippen LogP contribution is -2.55. The van der Waals surface area contributed by atoms with Gasteiger partial charge >= 0.3 is 0 Å². The molecule has 2 aromatic carbocycles. The maximum absolute atomic E-state index is 13.2. The zero-order chi connectivity index (χ0) is 26.2. The van der Waals surface area contributed by atoms with Gasteiger partial charge in [-0.3, -0.25) is 19.3 Å². The number of fused-ring (bicyclic) bond motifs is 1. The molecule has 2 fully saturated rings. The number of ketones is 2. The van der Waals surface area contributed by atoms with Crippen LogP contribution in [0.3, 0.4) is 0 Å². The number of hydrogen-bond donors (Lipinski definition) is 0. The fourth-order valence-electron chi connectivity index (χ4n) is 6.04. The molecule has 3 aliphatic rings. The topological polar surface area (TPSA) is 66.9 Å². The van der Waals surface area contributed by atoms with Crippen LogP contribution in [0.25, 0.3) is 0 Å². The maximum atomic E-state index is 13.2. The van der Waals surface area contributed by atoms with Gasteiger partial charge in [0.05, 0.1) is 13.0 Å². The summed E-state index contributed by atoms with van der Waals surface area (Å²) < 4.78 is 6.19. The predicted octanol–water partition coefficient (Wildman–Crippen LogP) is 5.17. The van der Waals surface area contributed by atoms with E-state index < -0.39 is 5.54 Å². The average molecular weight is 503 g/mol. The molecule has 0 unspecified atom stereocenters. The number of benzene rings is 2. The van der Waals surface area contributed by atoms with E-state index in [9.17, 15) is 14.4 Å². The SMILES string of the molecule is CC(C)C1CCN(Cc2ccc(COc3cccc4c3CN([C@@]3(C)CCC(=O)CC3=O)C4=O)cc2)CC1. The first kappa shape index (κ1) is 25.7. The number of hydrogen-bond acceptors (Lipinski definition) is 5. The Bertz CT molecular complexity index is 1180. The van der Waals surface area contributed by atoms with Crippen molar-refractivity contribution in [3.63, 3.8) is 0 Å². The van der Waals surface area contributed by atoms with Crippen LogP contribution in [-0.2, 0) is 29.3 Å². The molecule has 1 aliphatic carbocycles. The van der Waals surface area contributed by atoms with Crippen molar-refractivity contribution in [2.24, 2.45) is 11.8 Å². The van der Waals surface area contributed by atoms with Gasteiger partial charge in [0, 0.05) is 24.1 Å². The molecule has 0 aromatic heterocycles. The van der Waals surface area contributed by atoms with Crippen molar-refractivity contribution in [1.82, 2.24) is 9.80 Å². The van der Waals surface area contributed by atoms with Gasteiger partial charge in [0.1, 0.15) is 23.7 Å². The molecule has 6 nitrogen and oxygen atoms in total. The molecule has 2 heterocycles. The molecule has 1 saturated heterocycles.